The molecule has 6 nitrogen and oxygen atoms in total. The van der Waals surface area contributed by atoms with Crippen molar-refractivity contribution < 1.29 is 14.3 Å². The molecular formula is C16H16ClN3O3S. The summed E-state index contributed by atoms with van der Waals surface area (Å²) in [5, 5.41) is 5.58. The minimum atomic E-state index is -0.219. The number of thiophene rings is 1. The van der Waals surface area contributed by atoms with Crippen LogP contribution in [0.25, 0.3) is 0 Å². The van der Waals surface area contributed by atoms with Gasteiger partial charge >= 0.3 is 6.03 Å². The number of rotatable bonds is 5. The zero-order valence-corrected chi connectivity index (χ0v) is 14.5. The molecular weight excluding hydrogens is 350 g/mol. The third-order valence-corrected chi connectivity index (χ3v) is 4.87. The first-order valence-corrected chi connectivity index (χ1v) is 8.54. The van der Waals surface area contributed by atoms with E-state index in [0.29, 0.717) is 41.0 Å². The van der Waals surface area contributed by atoms with Crippen LogP contribution in [0.3, 0.4) is 0 Å². The molecule has 1 aromatic carbocycles. The molecule has 126 valence electrons. The Hall–Kier alpha value is -2.25. The highest BCUT2D eigenvalue weighted by Crippen LogP contribution is 2.30. The summed E-state index contributed by atoms with van der Waals surface area (Å²) >= 11 is 7.31. The first kappa shape index (κ1) is 16.6. The molecule has 0 bridgehead atoms. The van der Waals surface area contributed by atoms with Crippen molar-refractivity contribution >= 4 is 40.6 Å². The second-order valence-corrected chi connectivity index (χ2v) is 6.96. The van der Waals surface area contributed by atoms with Gasteiger partial charge in [0.25, 0.3) is 5.91 Å². The van der Waals surface area contributed by atoms with Gasteiger partial charge in [-0.05, 0) is 30.3 Å². The predicted octanol–water partition coefficient (Wildman–Crippen LogP) is 2.87. The number of amides is 3. The number of carbonyl (C=O) groups excluding carboxylic acids is 2. The smallest absolute Gasteiger partial charge is 0.322 e. The lowest BCUT2D eigenvalue weighted by atomic mass is 10.1. The number of nitrogens with one attached hydrogen (secondary N) is 2. The Kier molecular flexibility index (Phi) is 4.92. The Morgan fingerprint density at radius 1 is 1.42 bits per heavy atom. The molecule has 0 unspecified atom stereocenters. The van der Waals surface area contributed by atoms with E-state index in [9.17, 15) is 9.59 Å². The number of halogens is 1. The maximum Gasteiger partial charge on any atom is 0.322 e. The molecule has 0 saturated carbocycles. The van der Waals surface area contributed by atoms with E-state index < -0.39 is 0 Å². The summed E-state index contributed by atoms with van der Waals surface area (Å²) in [7, 11) is 1.53. The molecule has 24 heavy (non-hydrogen) atoms. The standard InChI is InChI=1S/C16H16ClN3O3S/c1-23-13-4-2-10(8-12(13)20-7-6-18-16(20)22)15(21)19-9-11-3-5-14(17)24-11/h2-5,8H,6-7,9H2,1H3,(H,18,22)(H,19,21). The van der Waals surface area contributed by atoms with Crippen molar-refractivity contribution in [2.75, 3.05) is 25.1 Å². The van der Waals surface area contributed by atoms with Gasteiger partial charge in [-0.3, -0.25) is 9.69 Å². The number of hydrogen-bond acceptors (Lipinski definition) is 4. The molecule has 0 spiro atoms. The lowest BCUT2D eigenvalue weighted by Crippen LogP contribution is -2.29. The van der Waals surface area contributed by atoms with Crippen molar-refractivity contribution in [3.8, 4) is 5.75 Å². The number of hydrogen-bond donors (Lipinski definition) is 2. The van der Waals surface area contributed by atoms with Crippen LogP contribution < -0.4 is 20.3 Å². The minimum absolute atomic E-state index is 0.195. The normalized spacial score (nSPS) is 13.8. The molecule has 1 fully saturated rings. The first-order chi connectivity index (χ1) is 11.6. The van der Waals surface area contributed by atoms with Crippen molar-refractivity contribution in [1.82, 2.24) is 10.6 Å². The van der Waals surface area contributed by atoms with Crippen molar-refractivity contribution in [1.29, 1.82) is 0 Å². The third-order valence-electron chi connectivity index (χ3n) is 3.64. The van der Waals surface area contributed by atoms with E-state index in [0.717, 1.165) is 4.88 Å². The zero-order valence-electron chi connectivity index (χ0n) is 13.0. The van der Waals surface area contributed by atoms with Crippen molar-refractivity contribution in [3.63, 3.8) is 0 Å². The van der Waals surface area contributed by atoms with Crippen LogP contribution in [0.4, 0.5) is 10.5 Å². The SMILES string of the molecule is COc1ccc(C(=O)NCc2ccc(Cl)s2)cc1N1CCNC1=O. The predicted molar refractivity (Wildman–Crippen MR) is 94.2 cm³/mol. The number of nitrogens with zero attached hydrogens (tertiary/aromatic N) is 1. The number of benzene rings is 1. The van der Waals surface area contributed by atoms with Gasteiger partial charge in [0, 0.05) is 23.5 Å². The molecule has 1 saturated heterocycles. The fourth-order valence-electron chi connectivity index (χ4n) is 2.46. The zero-order chi connectivity index (χ0) is 17.1. The number of anilines is 1. The number of urea groups is 1. The Bertz CT molecular complexity index is 778. The lowest BCUT2D eigenvalue weighted by molar-refractivity contribution is 0.0951. The summed E-state index contributed by atoms with van der Waals surface area (Å²) in [6, 6.07) is 8.51. The monoisotopic (exact) mass is 365 g/mol. The fourth-order valence-corrected chi connectivity index (χ4v) is 3.49. The summed E-state index contributed by atoms with van der Waals surface area (Å²) in [6.45, 7) is 1.51. The van der Waals surface area contributed by atoms with E-state index in [1.807, 2.05) is 6.07 Å². The molecule has 3 rings (SSSR count). The van der Waals surface area contributed by atoms with Gasteiger partial charge in [-0.15, -0.1) is 11.3 Å². The first-order valence-electron chi connectivity index (χ1n) is 7.34. The maximum atomic E-state index is 12.4. The van der Waals surface area contributed by atoms with Crippen molar-refractivity contribution in [2.24, 2.45) is 0 Å². The lowest BCUT2D eigenvalue weighted by Gasteiger charge is -2.18. The van der Waals surface area contributed by atoms with E-state index in [4.69, 9.17) is 16.3 Å². The Morgan fingerprint density at radius 3 is 2.88 bits per heavy atom. The summed E-state index contributed by atoms with van der Waals surface area (Å²) < 4.78 is 5.99. The summed E-state index contributed by atoms with van der Waals surface area (Å²) in [5.74, 6) is 0.330. The van der Waals surface area contributed by atoms with E-state index in [2.05, 4.69) is 10.6 Å². The van der Waals surface area contributed by atoms with E-state index in [1.165, 1.54) is 18.4 Å². The van der Waals surface area contributed by atoms with Gasteiger partial charge in [0.2, 0.25) is 0 Å². The van der Waals surface area contributed by atoms with Crippen LogP contribution in [0.5, 0.6) is 5.75 Å². The molecule has 2 aromatic rings. The average molecular weight is 366 g/mol. The van der Waals surface area contributed by atoms with Gasteiger partial charge in [0.05, 0.1) is 23.7 Å². The van der Waals surface area contributed by atoms with E-state index in [-0.39, 0.29) is 11.9 Å². The Balaban J connectivity index is 1.77. The van der Waals surface area contributed by atoms with E-state index in [1.54, 1.807) is 29.2 Å². The highest BCUT2D eigenvalue weighted by molar-refractivity contribution is 7.16. The molecule has 0 radical (unpaired) electrons. The highest BCUT2D eigenvalue weighted by Gasteiger charge is 2.25. The molecule has 1 aromatic heterocycles. The van der Waals surface area contributed by atoms with Crippen LogP contribution >= 0.6 is 22.9 Å². The molecule has 8 heteroatoms. The van der Waals surface area contributed by atoms with Crippen LogP contribution in [0.1, 0.15) is 15.2 Å². The Morgan fingerprint density at radius 2 is 2.25 bits per heavy atom. The number of methoxy groups -OCH3 is 1. The quantitative estimate of drug-likeness (QED) is 0.855. The second kappa shape index (κ2) is 7.11. The van der Waals surface area contributed by atoms with Gasteiger partial charge in [-0.1, -0.05) is 11.6 Å². The van der Waals surface area contributed by atoms with Gasteiger partial charge in [0.1, 0.15) is 5.75 Å². The molecule has 0 aliphatic carbocycles. The molecule has 1 aliphatic rings. The fraction of sp³-hybridized carbons (Fsp3) is 0.250. The molecule has 2 N–H and O–H groups in total. The maximum absolute atomic E-state index is 12.4. The van der Waals surface area contributed by atoms with Gasteiger partial charge in [-0.25, -0.2) is 4.79 Å². The van der Waals surface area contributed by atoms with Gasteiger partial charge in [-0.2, -0.15) is 0 Å². The molecule has 3 amide bonds. The van der Waals surface area contributed by atoms with Crippen LogP contribution in [0, 0.1) is 0 Å². The van der Waals surface area contributed by atoms with Crippen molar-refractivity contribution in [2.45, 2.75) is 6.54 Å². The van der Waals surface area contributed by atoms with Crippen LogP contribution in [0.15, 0.2) is 30.3 Å². The van der Waals surface area contributed by atoms with Crippen molar-refractivity contribution in [3.05, 3.63) is 45.1 Å². The number of carbonyl (C=O) groups is 2. The Labute approximate surface area is 148 Å². The highest BCUT2D eigenvalue weighted by atomic mass is 35.5. The minimum Gasteiger partial charge on any atom is -0.495 e. The third kappa shape index (κ3) is 3.47. The van der Waals surface area contributed by atoms with Gasteiger partial charge in [0.15, 0.2) is 0 Å². The summed E-state index contributed by atoms with van der Waals surface area (Å²) in [5.41, 5.74) is 1.05. The summed E-state index contributed by atoms with van der Waals surface area (Å²) in [6.07, 6.45) is 0. The largest absolute Gasteiger partial charge is 0.495 e. The van der Waals surface area contributed by atoms with Crippen LogP contribution in [-0.4, -0.2) is 32.1 Å². The molecule has 1 aliphatic heterocycles. The molecule has 0 atom stereocenters. The molecule has 2 heterocycles. The van der Waals surface area contributed by atoms with E-state index >= 15 is 0 Å². The van der Waals surface area contributed by atoms with Crippen LogP contribution in [-0.2, 0) is 6.54 Å². The second-order valence-electron chi connectivity index (χ2n) is 5.16. The summed E-state index contributed by atoms with van der Waals surface area (Å²) in [4.78, 5) is 26.8. The van der Waals surface area contributed by atoms with Gasteiger partial charge < -0.3 is 15.4 Å². The topological polar surface area (TPSA) is 70.7 Å². The van der Waals surface area contributed by atoms with Crippen LogP contribution in [0.2, 0.25) is 4.34 Å². The number of ether oxygens (including phenoxy) is 1. The average Bonchev–Trinajstić information content (AvgIpc) is 3.20.